The molecule has 0 aliphatic rings. The van der Waals surface area contributed by atoms with Crippen LogP contribution in [0.5, 0.6) is 5.75 Å². The van der Waals surface area contributed by atoms with Crippen LogP contribution in [0, 0.1) is 10.1 Å². The molecule has 0 heterocycles. The Labute approximate surface area is 139 Å². The molecule has 6 heteroatoms. The standard InChI is InChI=1S/C15H13Br2NO3/c16-14(15(17)11-4-2-1-3-5-11)10-21-13-8-6-12(7-9-13)18(19)20/h1-9,14-15H,10H2/t14-,15+/m0/s1. The summed E-state index contributed by atoms with van der Waals surface area (Å²) in [6, 6.07) is 16.1. The highest BCUT2D eigenvalue weighted by Crippen LogP contribution is 2.31. The molecule has 21 heavy (non-hydrogen) atoms. The van der Waals surface area contributed by atoms with Crippen molar-refractivity contribution in [2.75, 3.05) is 6.61 Å². The highest BCUT2D eigenvalue weighted by molar-refractivity contribution is 9.12. The third kappa shape index (κ3) is 4.54. The lowest BCUT2D eigenvalue weighted by molar-refractivity contribution is -0.384. The Morgan fingerprint density at radius 2 is 1.67 bits per heavy atom. The number of nitrogens with zero attached hydrogens (tertiary/aromatic N) is 1. The Hall–Kier alpha value is -1.40. The first kappa shape index (κ1) is 16.0. The molecule has 0 radical (unpaired) electrons. The Morgan fingerprint density at radius 3 is 2.24 bits per heavy atom. The quantitative estimate of drug-likeness (QED) is 0.384. The number of rotatable bonds is 6. The zero-order valence-electron chi connectivity index (χ0n) is 11.0. The molecule has 0 amide bonds. The van der Waals surface area contributed by atoms with Crippen molar-refractivity contribution in [2.24, 2.45) is 0 Å². The highest BCUT2D eigenvalue weighted by atomic mass is 79.9. The molecule has 0 aromatic heterocycles. The van der Waals surface area contributed by atoms with E-state index in [1.807, 2.05) is 30.3 Å². The zero-order valence-corrected chi connectivity index (χ0v) is 14.2. The number of nitro benzene ring substituents is 1. The maximum Gasteiger partial charge on any atom is 0.269 e. The zero-order chi connectivity index (χ0) is 15.2. The second-order valence-corrected chi connectivity index (χ2v) is 6.55. The SMILES string of the molecule is O=[N+]([O-])c1ccc(OC[C@H](Br)[C@H](Br)c2ccccc2)cc1. The van der Waals surface area contributed by atoms with Gasteiger partial charge in [-0.3, -0.25) is 10.1 Å². The fourth-order valence-corrected chi connectivity index (χ4v) is 2.67. The molecule has 0 bridgehead atoms. The minimum atomic E-state index is -0.430. The number of ether oxygens (including phenoxy) is 1. The largest absolute Gasteiger partial charge is 0.492 e. The van der Waals surface area contributed by atoms with Crippen LogP contribution in [0.25, 0.3) is 0 Å². The van der Waals surface area contributed by atoms with Crippen molar-refractivity contribution in [2.45, 2.75) is 9.65 Å². The van der Waals surface area contributed by atoms with E-state index >= 15 is 0 Å². The summed E-state index contributed by atoms with van der Waals surface area (Å²) in [6.07, 6.45) is 0. The molecule has 0 fully saturated rings. The monoisotopic (exact) mass is 413 g/mol. The Bertz CT molecular complexity index is 590. The van der Waals surface area contributed by atoms with E-state index in [-0.39, 0.29) is 15.3 Å². The molecule has 0 aliphatic heterocycles. The Kier molecular flexibility index (Phi) is 5.76. The highest BCUT2D eigenvalue weighted by Gasteiger charge is 2.18. The summed E-state index contributed by atoms with van der Waals surface area (Å²) in [5.41, 5.74) is 1.21. The van der Waals surface area contributed by atoms with E-state index in [0.29, 0.717) is 12.4 Å². The molecule has 0 saturated heterocycles. The van der Waals surface area contributed by atoms with Gasteiger partial charge in [0.1, 0.15) is 12.4 Å². The normalized spacial score (nSPS) is 13.4. The molecule has 2 aromatic carbocycles. The van der Waals surface area contributed by atoms with Crippen molar-refractivity contribution in [3.63, 3.8) is 0 Å². The van der Waals surface area contributed by atoms with Crippen LogP contribution < -0.4 is 4.74 Å². The molecule has 0 unspecified atom stereocenters. The van der Waals surface area contributed by atoms with E-state index in [1.165, 1.54) is 12.1 Å². The van der Waals surface area contributed by atoms with Crippen molar-refractivity contribution < 1.29 is 9.66 Å². The fraction of sp³-hybridized carbons (Fsp3) is 0.200. The van der Waals surface area contributed by atoms with E-state index in [9.17, 15) is 10.1 Å². The van der Waals surface area contributed by atoms with Gasteiger partial charge in [-0.05, 0) is 17.7 Å². The maximum absolute atomic E-state index is 10.6. The number of halogens is 2. The summed E-state index contributed by atoms with van der Waals surface area (Å²) in [4.78, 5) is 10.3. The van der Waals surface area contributed by atoms with Gasteiger partial charge in [-0.25, -0.2) is 0 Å². The first-order chi connectivity index (χ1) is 10.1. The molecule has 0 aliphatic carbocycles. The average molecular weight is 415 g/mol. The number of nitro groups is 1. The first-order valence-corrected chi connectivity index (χ1v) is 8.11. The summed E-state index contributed by atoms with van der Waals surface area (Å²) >= 11 is 7.23. The third-order valence-corrected chi connectivity index (χ3v) is 5.56. The van der Waals surface area contributed by atoms with Crippen LogP contribution in [0.1, 0.15) is 10.4 Å². The van der Waals surface area contributed by atoms with Gasteiger partial charge in [0.2, 0.25) is 0 Å². The van der Waals surface area contributed by atoms with Crippen molar-refractivity contribution >= 4 is 37.5 Å². The molecule has 0 saturated carbocycles. The number of hydrogen-bond acceptors (Lipinski definition) is 3. The Balaban J connectivity index is 1.91. The lowest BCUT2D eigenvalue weighted by Crippen LogP contribution is -2.16. The second-order valence-electron chi connectivity index (χ2n) is 4.39. The van der Waals surface area contributed by atoms with Crippen molar-refractivity contribution in [3.8, 4) is 5.75 Å². The maximum atomic E-state index is 10.6. The van der Waals surface area contributed by atoms with Gasteiger partial charge in [-0.15, -0.1) is 0 Å². The van der Waals surface area contributed by atoms with Gasteiger partial charge in [0.25, 0.3) is 5.69 Å². The molecule has 2 atom stereocenters. The molecule has 0 spiro atoms. The molecule has 0 N–H and O–H groups in total. The minimum absolute atomic E-state index is 0.0559. The van der Waals surface area contributed by atoms with E-state index in [0.717, 1.165) is 5.56 Å². The van der Waals surface area contributed by atoms with E-state index < -0.39 is 4.92 Å². The fourth-order valence-electron chi connectivity index (χ4n) is 1.77. The molecule has 4 nitrogen and oxygen atoms in total. The van der Waals surface area contributed by atoms with Gasteiger partial charge < -0.3 is 4.74 Å². The van der Waals surface area contributed by atoms with Crippen LogP contribution in [0.2, 0.25) is 0 Å². The topological polar surface area (TPSA) is 52.4 Å². The number of hydrogen-bond donors (Lipinski definition) is 0. The number of non-ortho nitro benzene ring substituents is 1. The Morgan fingerprint density at radius 1 is 1.05 bits per heavy atom. The van der Waals surface area contributed by atoms with Gasteiger partial charge in [-0.2, -0.15) is 0 Å². The predicted octanol–water partition coefficient (Wildman–Crippen LogP) is 4.87. The lowest BCUT2D eigenvalue weighted by Gasteiger charge is -2.17. The van der Waals surface area contributed by atoms with Crippen LogP contribution >= 0.6 is 31.9 Å². The molecular formula is C15H13Br2NO3. The summed E-state index contributed by atoms with van der Waals surface area (Å²) in [7, 11) is 0. The molecule has 2 aromatic rings. The van der Waals surface area contributed by atoms with Crippen LogP contribution in [0.3, 0.4) is 0 Å². The van der Waals surface area contributed by atoms with Crippen LogP contribution in [-0.4, -0.2) is 16.4 Å². The van der Waals surface area contributed by atoms with E-state index in [4.69, 9.17) is 4.74 Å². The minimum Gasteiger partial charge on any atom is -0.492 e. The van der Waals surface area contributed by atoms with Gasteiger partial charge in [0.05, 0.1) is 14.6 Å². The van der Waals surface area contributed by atoms with Gasteiger partial charge in [0.15, 0.2) is 0 Å². The third-order valence-electron chi connectivity index (χ3n) is 2.89. The molecule has 110 valence electrons. The van der Waals surface area contributed by atoms with Gasteiger partial charge in [-0.1, -0.05) is 62.2 Å². The smallest absolute Gasteiger partial charge is 0.269 e. The number of benzene rings is 2. The first-order valence-electron chi connectivity index (χ1n) is 6.28. The van der Waals surface area contributed by atoms with E-state index in [2.05, 4.69) is 31.9 Å². The van der Waals surface area contributed by atoms with Crippen molar-refractivity contribution in [1.29, 1.82) is 0 Å². The summed E-state index contributed by atoms with van der Waals surface area (Å²) < 4.78 is 5.65. The van der Waals surface area contributed by atoms with Gasteiger partial charge in [0, 0.05) is 12.1 Å². The number of alkyl halides is 2. The van der Waals surface area contributed by atoms with E-state index in [1.54, 1.807) is 12.1 Å². The molecular weight excluding hydrogens is 402 g/mol. The van der Waals surface area contributed by atoms with Crippen LogP contribution in [-0.2, 0) is 0 Å². The summed E-state index contributed by atoms with van der Waals surface area (Å²) in [5.74, 6) is 0.609. The summed E-state index contributed by atoms with van der Waals surface area (Å²) in [5, 5.41) is 10.6. The lowest BCUT2D eigenvalue weighted by atomic mass is 10.1. The van der Waals surface area contributed by atoms with Crippen LogP contribution in [0.15, 0.2) is 54.6 Å². The second kappa shape index (κ2) is 7.56. The van der Waals surface area contributed by atoms with Crippen molar-refractivity contribution in [3.05, 3.63) is 70.3 Å². The predicted molar refractivity (Wildman–Crippen MR) is 89.4 cm³/mol. The van der Waals surface area contributed by atoms with Crippen molar-refractivity contribution in [1.82, 2.24) is 0 Å². The average Bonchev–Trinajstić information content (AvgIpc) is 2.53. The van der Waals surface area contributed by atoms with Crippen LogP contribution in [0.4, 0.5) is 5.69 Å². The summed E-state index contributed by atoms with van der Waals surface area (Å²) in [6.45, 7) is 0.447. The molecule has 2 rings (SSSR count). The van der Waals surface area contributed by atoms with Gasteiger partial charge >= 0.3 is 0 Å².